The van der Waals surface area contributed by atoms with Crippen molar-refractivity contribution >= 4 is 33.9 Å². The van der Waals surface area contributed by atoms with Gasteiger partial charge in [0.05, 0.1) is 16.0 Å². The van der Waals surface area contributed by atoms with Crippen molar-refractivity contribution in [1.82, 2.24) is 24.3 Å². The van der Waals surface area contributed by atoms with E-state index in [-0.39, 0.29) is 11.5 Å². The van der Waals surface area contributed by atoms with E-state index in [1.165, 1.54) is 4.40 Å². The highest BCUT2D eigenvalue weighted by molar-refractivity contribution is 7.13. The zero-order valence-corrected chi connectivity index (χ0v) is 18.3. The molecule has 0 bridgehead atoms. The molecule has 0 radical (unpaired) electrons. The molecule has 32 heavy (non-hydrogen) atoms. The Labute approximate surface area is 188 Å². The van der Waals surface area contributed by atoms with E-state index in [1.807, 2.05) is 47.2 Å². The minimum atomic E-state index is -0.245. The van der Waals surface area contributed by atoms with Crippen molar-refractivity contribution in [3.63, 3.8) is 0 Å². The molecule has 5 heterocycles. The third kappa shape index (κ3) is 3.48. The highest BCUT2D eigenvalue weighted by Crippen LogP contribution is 2.26. The Morgan fingerprint density at radius 3 is 2.88 bits per heavy atom. The molecule has 1 N–H and O–H groups in total. The molecule has 8 heteroatoms. The molecule has 0 unspecified atom stereocenters. The van der Waals surface area contributed by atoms with Crippen LogP contribution in [0.4, 0.5) is 0 Å². The number of nitrogens with one attached hydrogen (secondary N) is 1. The molecule has 5 aromatic heterocycles. The Morgan fingerprint density at radius 2 is 2.06 bits per heavy atom. The van der Waals surface area contributed by atoms with E-state index in [2.05, 4.69) is 15.3 Å². The molecule has 0 atom stereocenters. The number of aromatic nitrogens is 4. The van der Waals surface area contributed by atoms with E-state index in [1.54, 1.807) is 41.9 Å². The fraction of sp³-hybridized carbons (Fsp3) is 0.167. The summed E-state index contributed by atoms with van der Waals surface area (Å²) in [5.41, 5.74) is 3.15. The lowest BCUT2D eigenvalue weighted by Crippen LogP contribution is -2.26. The predicted molar refractivity (Wildman–Crippen MR) is 126 cm³/mol. The van der Waals surface area contributed by atoms with E-state index in [0.717, 1.165) is 22.6 Å². The Bertz CT molecular complexity index is 1480. The zero-order valence-electron chi connectivity index (χ0n) is 17.5. The smallest absolute Gasteiger partial charge is 0.268 e. The number of rotatable bonds is 6. The van der Waals surface area contributed by atoms with Gasteiger partial charge in [-0.25, -0.2) is 4.98 Å². The van der Waals surface area contributed by atoms with E-state index >= 15 is 0 Å². The minimum Gasteiger partial charge on any atom is -0.347 e. The molecular weight excluding hydrogens is 422 g/mol. The molecule has 0 aliphatic heterocycles. The molecule has 5 aromatic rings. The summed E-state index contributed by atoms with van der Waals surface area (Å²) in [5.74, 6) is -0.245. The van der Waals surface area contributed by atoms with Gasteiger partial charge in [-0.05, 0) is 47.7 Å². The SMILES string of the molecule is CCCn1c(C(=O)NCc2cccnc2-c2cccs2)cc2c(=O)n3ccccc3nc21. The third-order valence-electron chi connectivity index (χ3n) is 5.34. The monoisotopic (exact) mass is 443 g/mol. The van der Waals surface area contributed by atoms with Crippen molar-refractivity contribution < 1.29 is 4.79 Å². The van der Waals surface area contributed by atoms with Gasteiger partial charge < -0.3 is 9.88 Å². The number of nitrogens with zero attached hydrogens (tertiary/aromatic N) is 4. The van der Waals surface area contributed by atoms with Gasteiger partial charge in [0.2, 0.25) is 0 Å². The standard InChI is InChI=1S/C24H21N5O2S/c1-2-11-28-18(14-17-22(28)27-20-9-3-4-12-29(20)24(17)31)23(30)26-15-16-7-5-10-25-21(16)19-8-6-13-32-19/h3-10,12-14H,2,11,15H2,1H3,(H,26,30). The van der Waals surface area contributed by atoms with Crippen LogP contribution in [-0.4, -0.2) is 24.8 Å². The lowest BCUT2D eigenvalue weighted by atomic mass is 10.1. The largest absolute Gasteiger partial charge is 0.347 e. The molecule has 0 aliphatic rings. The van der Waals surface area contributed by atoms with Crippen LogP contribution in [0.1, 0.15) is 29.4 Å². The van der Waals surface area contributed by atoms with Gasteiger partial charge in [0, 0.05) is 25.5 Å². The van der Waals surface area contributed by atoms with Crippen LogP contribution in [-0.2, 0) is 13.1 Å². The lowest BCUT2D eigenvalue weighted by Gasteiger charge is -2.11. The zero-order chi connectivity index (χ0) is 22.1. The van der Waals surface area contributed by atoms with Gasteiger partial charge in [0.1, 0.15) is 17.0 Å². The van der Waals surface area contributed by atoms with Crippen molar-refractivity contribution in [2.24, 2.45) is 0 Å². The summed E-state index contributed by atoms with van der Waals surface area (Å²) in [7, 11) is 0. The molecule has 0 saturated carbocycles. The molecule has 0 fully saturated rings. The van der Waals surface area contributed by atoms with Crippen LogP contribution in [0, 0.1) is 0 Å². The van der Waals surface area contributed by atoms with Crippen LogP contribution in [0.5, 0.6) is 0 Å². The summed E-state index contributed by atoms with van der Waals surface area (Å²) in [6, 6.07) is 14.9. The van der Waals surface area contributed by atoms with Gasteiger partial charge >= 0.3 is 0 Å². The summed E-state index contributed by atoms with van der Waals surface area (Å²) in [5, 5.41) is 5.45. The van der Waals surface area contributed by atoms with Gasteiger partial charge in [-0.3, -0.25) is 19.0 Å². The lowest BCUT2D eigenvalue weighted by molar-refractivity contribution is 0.0942. The van der Waals surface area contributed by atoms with Crippen LogP contribution in [0.25, 0.3) is 27.3 Å². The molecule has 0 aromatic carbocycles. The Balaban J connectivity index is 1.52. The average molecular weight is 444 g/mol. The second-order valence-corrected chi connectivity index (χ2v) is 8.38. The topological polar surface area (TPSA) is 81.3 Å². The normalized spacial score (nSPS) is 11.3. The summed E-state index contributed by atoms with van der Waals surface area (Å²) in [4.78, 5) is 36.4. The van der Waals surface area contributed by atoms with Gasteiger partial charge in [-0.2, -0.15) is 0 Å². The molecule has 160 valence electrons. The van der Waals surface area contributed by atoms with Gasteiger partial charge in [0.15, 0.2) is 0 Å². The number of hydrogen-bond donors (Lipinski definition) is 1. The number of carbonyl (C=O) groups excluding carboxylic acids is 1. The first kappa shape index (κ1) is 20.1. The first-order valence-corrected chi connectivity index (χ1v) is 11.3. The van der Waals surface area contributed by atoms with Crippen molar-refractivity contribution in [3.05, 3.63) is 87.9 Å². The fourth-order valence-corrected chi connectivity index (χ4v) is 4.63. The molecule has 0 spiro atoms. The Kier molecular flexibility index (Phi) is 5.28. The third-order valence-corrected chi connectivity index (χ3v) is 6.22. The number of amides is 1. The summed E-state index contributed by atoms with van der Waals surface area (Å²) < 4.78 is 3.34. The quantitative estimate of drug-likeness (QED) is 0.428. The maximum Gasteiger partial charge on any atom is 0.268 e. The summed E-state index contributed by atoms with van der Waals surface area (Å²) in [6.45, 7) is 2.96. The fourth-order valence-electron chi connectivity index (χ4n) is 3.87. The number of aryl methyl sites for hydroxylation is 1. The highest BCUT2D eigenvalue weighted by atomic mass is 32.1. The number of pyridine rings is 2. The number of hydrogen-bond acceptors (Lipinski definition) is 5. The molecular formula is C24H21N5O2S. The van der Waals surface area contributed by atoms with Crippen LogP contribution in [0.3, 0.4) is 0 Å². The van der Waals surface area contributed by atoms with Crippen LogP contribution in [0.15, 0.2) is 71.1 Å². The molecule has 0 aliphatic carbocycles. The Hall–Kier alpha value is -3.78. The van der Waals surface area contributed by atoms with Gasteiger partial charge in [-0.1, -0.05) is 25.1 Å². The highest BCUT2D eigenvalue weighted by Gasteiger charge is 2.19. The van der Waals surface area contributed by atoms with Crippen molar-refractivity contribution in [3.8, 4) is 10.6 Å². The maximum absolute atomic E-state index is 13.2. The van der Waals surface area contributed by atoms with Crippen molar-refractivity contribution in [2.45, 2.75) is 26.4 Å². The molecule has 1 amide bonds. The maximum atomic E-state index is 13.2. The minimum absolute atomic E-state index is 0.179. The molecule has 5 rings (SSSR count). The number of carbonyl (C=O) groups is 1. The van der Waals surface area contributed by atoms with Gasteiger partial charge in [0.25, 0.3) is 11.5 Å². The second-order valence-electron chi connectivity index (χ2n) is 7.44. The first-order valence-electron chi connectivity index (χ1n) is 10.4. The number of thiophene rings is 1. The first-order chi connectivity index (χ1) is 15.7. The molecule has 0 saturated heterocycles. The average Bonchev–Trinajstić information content (AvgIpc) is 3.47. The molecule has 7 nitrogen and oxygen atoms in total. The summed E-state index contributed by atoms with van der Waals surface area (Å²) in [6.07, 6.45) is 4.25. The van der Waals surface area contributed by atoms with Crippen LogP contribution < -0.4 is 10.9 Å². The van der Waals surface area contributed by atoms with E-state index in [0.29, 0.717) is 35.5 Å². The van der Waals surface area contributed by atoms with Crippen LogP contribution in [0.2, 0.25) is 0 Å². The number of fused-ring (bicyclic) bond motifs is 2. The van der Waals surface area contributed by atoms with Gasteiger partial charge in [-0.15, -0.1) is 11.3 Å². The van der Waals surface area contributed by atoms with E-state index in [9.17, 15) is 9.59 Å². The van der Waals surface area contributed by atoms with E-state index < -0.39 is 0 Å². The van der Waals surface area contributed by atoms with Crippen LogP contribution >= 0.6 is 11.3 Å². The van der Waals surface area contributed by atoms with Crippen molar-refractivity contribution in [2.75, 3.05) is 0 Å². The second kappa shape index (κ2) is 8.39. The van der Waals surface area contributed by atoms with E-state index in [4.69, 9.17) is 0 Å². The Morgan fingerprint density at radius 1 is 1.16 bits per heavy atom. The summed E-state index contributed by atoms with van der Waals surface area (Å²) >= 11 is 1.61. The van der Waals surface area contributed by atoms with Crippen molar-refractivity contribution in [1.29, 1.82) is 0 Å². The predicted octanol–water partition coefficient (Wildman–Crippen LogP) is 4.11.